The maximum atomic E-state index is 10.8. The van der Waals surface area contributed by atoms with Crippen LogP contribution in [0, 0.1) is 0 Å². The maximum Gasteiger partial charge on any atom is 0.335 e. The zero-order valence-electron chi connectivity index (χ0n) is 10.7. The van der Waals surface area contributed by atoms with Gasteiger partial charge in [0, 0.05) is 5.33 Å². The van der Waals surface area contributed by atoms with Crippen molar-refractivity contribution in [3.05, 3.63) is 0 Å². The molecule has 0 fully saturated rings. The number of aliphatic carboxylic acids is 2. The highest BCUT2D eigenvalue weighted by Crippen LogP contribution is 1.95. The summed E-state index contributed by atoms with van der Waals surface area (Å²) in [6, 6.07) is -0.473. The highest BCUT2D eigenvalue weighted by atomic mass is 79.9. The lowest BCUT2D eigenvalue weighted by Crippen LogP contribution is -2.39. The van der Waals surface area contributed by atoms with Gasteiger partial charge in [-0.25, -0.2) is 9.59 Å². The lowest BCUT2D eigenvalue weighted by atomic mass is 10.2. The summed E-state index contributed by atoms with van der Waals surface area (Å²) in [6.07, 6.45) is -3.91. The molecule has 0 aliphatic carbocycles. The molecule has 0 spiro atoms. The van der Waals surface area contributed by atoms with Crippen molar-refractivity contribution in [2.45, 2.75) is 31.6 Å². The van der Waals surface area contributed by atoms with E-state index in [9.17, 15) is 14.4 Å². The van der Waals surface area contributed by atoms with E-state index in [4.69, 9.17) is 26.2 Å². The summed E-state index contributed by atoms with van der Waals surface area (Å²) >= 11 is 3.18. The van der Waals surface area contributed by atoms with Gasteiger partial charge in [-0.3, -0.25) is 4.79 Å². The number of carboxylic acids is 2. The Kier molecular flexibility index (Phi) is 12.2. The zero-order valence-corrected chi connectivity index (χ0v) is 12.3. The molecule has 0 radical (unpaired) electrons. The molecule has 0 aliphatic rings. The van der Waals surface area contributed by atoms with Crippen molar-refractivity contribution in [3.8, 4) is 0 Å². The second-order valence-electron chi connectivity index (χ2n) is 3.40. The summed E-state index contributed by atoms with van der Waals surface area (Å²) in [6.45, 7) is 2.16. The van der Waals surface area contributed by atoms with E-state index in [0.29, 0.717) is 13.0 Å². The first-order valence-electron chi connectivity index (χ1n) is 5.48. The van der Waals surface area contributed by atoms with Crippen molar-refractivity contribution < 1.29 is 39.5 Å². The predicted octanol–water partition coefficient (Wildman–Crippen LogP) is -1.46. The van der Waals surface area contributed by atoms with Gasteiger partial charge in [0.1, 0.15) is 6.04 Å². The molecule has 0 rings (SSSR count). The normalized spacial score (nSPS) is 14.2. The molecule has 0 aromatic carbocycles. The Hall–Kier alpha value is -1.23. The molecule has 118 valence electrons. The Balaban J connectivity index is 0. The average Bonchev–Trinajstić information content (AvgIpc) is 2.38. The van der Waals surface area contributed by atoms with E-state index in [-0.39, 0.29) is 5.97 Å². The van der Waals surface area contributed by atoms with Crippen molar-refractivity contribution in [3.63, 3.8) is 0 Å². The van der Waals surface area contributed by atoms with E-state index in [2.05, 4.69) is 20.7 Å². The summed E-state index contributed by atoms with van der Waals surface area (Å²) in [5.74, 6) is -3.85. The molecule has 0 saturated heterocycles. The minimum Gasteiger partial charge on any atom is -0.479 e. The molecule has 0 aliphatic heterocycles. The van der Waals surface area contributed by atoms with Crippen LogP contribution in [0.2, 0.25) is 0 Å². The van der Waals surface area contributed by atoms with E-state index in [1.165, 1.54) is 0 Å². The third-order valence-electron chi connectivity index (χ3n) is 1.81. The van der Waals surface area contributed by atoms with Gasteiger partial charge >= 0.3 is 17.9 Å². The number of hydrogen-bond acceptors (Lipinski definition) is 7. The van der Waals surface area contributed by atoms with Crippen molar-refractivity contribution in [2.24, 2.45) is 5.73 Å². The Bertz CT molecular complexity index is 306. The molecule has 3 atom stereocenters. The minimum absolute atomic E-state index is 0.318. The van der Waals surface area contributed by atoms with E-state index >= 15 is 0 Å². The van der Waals surface area contributed by atoms with Gasteiger partial charge in [0.25, 0.3) is 0 Å². The largest absolute Gasteiger partial charge is 0.479 e. The Morgan fingerprint density at radius 3 is 1.80 bits per heavy atom. The third kappa shape index (κ3) is 9.67. The van der Waals surface area contributed by atoms with Crippen LogP contribution in [0.15, 0.2) is 0 Å². The number of esters is 1. The molecule has 0 aromatic heterocycles. The van der Waals surface area contributed by atoms with Crippen molar-refractivity contribution in [1.82, 2.24) is 0 Å². The maximum absolute atomic E-state index is 10.8. The molecule has 10 heteroatoms. The number of halogens is 1. The lowest BCUT2D eigenvalue weighted by molar-refractivity contribution is -0.165. The minimum atomic E-state index is -2.27. The van der Waals surface area contributed by atoms with Gasteiger partial charge in [0.05, 0.1) is 6.61 Å². The fraction of sp³-hybridized carbons (Fsp3) is 0.700. The monoisotopic (exact) mass is 359 g/mol. The molecule has 0 heterocycles. The number of alkyl halides is 1. The van der Waals surface area contributed by atoms with Gasteiger partial charge in [0.15, 0.2) is 12.2 Å². The van der Waals surface area contributed by atoms with Gasteiger partial charge in [-0.1, -0.05) is 15.9 Å². The first-order chi connectivity index (χ1) is 9.18. The van der Waals surface area contributed by atoms with Crippen LogP contribution in [0.4, 0.5) is 0 Å². The topological polar surface area (TPSA) is 167 Å². The molecular formula is C10H18BrNO8. The van der Waals surface area contributed by atoms with Gasteiger partial charge in [0.2, 0.25) is 0 Å². The zero-order chi connectivity index (χ0) is 16.3. The van der Waals surface area contributed by atoms with Crippen molar-refractivity contribution in [2.75, 3.05) is 11.9 Å². The van der Waals surface area contributed by atoms with Crippen LogP contribution in [-0.2, 0) is 19.1 Å². The molecular weight excluding hydrogens is 342 g/mol. The number of nitrogens with two attached hydrogens (primary N) is 1. The number of rotatable bonds is 7. The highest BCUT2D eigenvalue weighted by molar-refractivity contribution is 9.09. The second-order valence-corrected chi connectivity index (χ2v) is 4.20. The van der Waals surface area contributed by atoms with Gasteiger partial charge in [-0.15, -0.1) is 0 Å². The van der Waals surface area contributed by atoms with E-state index < -0.39 is 30.2 Å². The quantitative estimate of drug-likeness (QED) is 0.269. The van der Waals surface area contributed by atoms with Crippen LogP contribution in [0.25, 0.3) is 0 Å². The van der Waals surface area contributed by atoms with Crippen LogP contribution < -0.4 is 5.73 Å². The summed E-state index contributed by atoms with van der Waals surface area (Å²) in [5, 5.41) is 33.3. The smallest absolute Gasteiger partial charge is 0.335 e. The Morgan fingerprint density at radius 2 is 1.55 bits per heavy atom. The van der Waals surface area contributed by atoms with Crippen LogP contribution >= 0.6 is 15.9 Å². The number of aliphatic hydroxyl groups is 2. The van der Waals surface area contributed by atoms with Crippen LogP contribution in [-0.4, -0.2) is 68.5 Å². The molecule has 0 unspecified atom stereocenters. The molecule has 6 N–H and O–H groups in total. The average molecular weight is 360 g/mol. The number of aliphatic hydroxyl groups excluding tert-OH is 2. The van der Waals surface area contributed by atoms with Crippen molar-refractivity contribution >= 4 is 33.8 Å². The van der Waals surface area contributed by atoms with Gasteiger partial charge in [-0.2, -0.15) is 0 Å². The van der Waals surface area contributed by atoms with Crippen LogP contribution in [0.5, 0.6) is 0 Å². The second kappa shape index (κ2) is 11.6. The van der Waals surface area contributed by atoms with E-state index in [1.54, 1.807) is 6.92 Å². The number of carbonyl (C=O) groups excluding carboxylic acids is 1. The van der Waals surface area contributed by atoms with Gasteiger partial charge < -0.3 is 30.9 Å². The predicted molar refractivity (Wildman–Crippen MR) is 70.3 cm³/mol. The van der Waals surface area contributed by atoms with Gasteiger partial charge in [-0.05, 0) is 13.3 Å². The fourth-order valence-electron chi connectivity index (χ4n) is 0.755. The molecule has 9 nitrogen and oxygen atoms in total. The molecule has 0 aromatic rings. The third-order valence-corrected chi connectivity index (χ3v) is 2.27. The Labute approximate surface area is 123 Å². The van der Waals surface area contributed by atoms with E-state index in [1.807, 2.05) is 0 Å². The first-order valence-corrected chi connectivity index (χ1v) is 6.61. The lowest BCUT2D eigenvalue weighted by Gasteiger charge is -2.07. The standard InChI is InChI=1S/C6H12BrNO2.C4H6O6/c1-2-10-6(9)5(8)3-4-7;5-1(3(7)8)2(6)4(9)10/h5H,2-4,8H2,1H3;1-2,5-6H,(H,7,8)(H,9,10)/t5-;1-,2-/m01/s1. The fourth-order valence-corrected chi connectivity index (χ4v) is 1.25. The number of carboxylic acid groups (broad SMARTS) is 2. The molecule has 0 amide bonds. The molecule has 0 saturated carbocycles. The summed E-state index contributed by atoms with van der Waals surface area (Å²) in [4.78, 5) is 30.3. The van der Waals surface area contributed by atoms with Crippen molar-refractivity contribution in [1.29, 1.82) is 0 Å². The van der Waals surface area contributed by atoms with Crippen LogP contribution in [0.1, 0.15) is 13.3 Å². The molecule has 0 bridgehead atoms. The summed E-state index contributed by atoms with van der Waals surface area (Å²) in [7, 11) is 0. The van der Waals surface area contributed by atoms with E-state index in [0.717, 1.165) is 5.33 Å². The number of hydrogen-bond donors (Lipinski definition) is 5. The first kappa shape index (κ1) is 21.1. The Morgan fingerprint density at radius 1 is 1.15 bits per heavy atom. The highest BCUT2D eigenvalue weighted by Gasteiger charge is 2.29. The number of ether oxygens (including phenoxy) is 1. The summed E-state index contributed by atoms with van der Waals surface area (Å²) in [5.41, 5.74) is 5.41. The number of carbonyl (C=O) groups is 3. The summed E-state index contributed by atoms with van der Waals surface area (Å²) < 4.78 is 4.67. The van der Waals surface area contributed by atoms with Crippen LogP contribution in [0.3, 0.4) is 0 Å². The molecule has 20 heavy (non-hydrogen) atoms. The SMILES string of the molecule is CCOC(=O)[C@@H](N)CCBr.O=C(O)[C@H](O)[C@@H](O)C(=O)O.